The molecule has 1 N–H and O–H groups in total. The lowest BCUT2D eigenvalue weighted by Crippen LogP contribution is -2.36. The van der Waals surface area contributed by atoms with E-state index in [-0.39, 0.29) is 11.4 Å². The number of hydrogen-bond donors (Lipinski definition) is 1. The molecule has 0 saturated carbocycles. The van der Waals surface area contributed by atoms with Crippen LogP contribution in [0.25, 0.3) is 0 Å². The second-order valence-corrected chi connectivity index (χ2v) is 5.82. The summed E-state index contributed by atoms with van der Waals surface area (Å²) in [5, 5.41) is 2.69. The molecule has 0 aliphatic carbocycles. The average Bonchev–Trinajstić information content (AvgIpc) is 2.68. The van der Waals surface area contributed by atoms with Crippen LogP contribution in [0.4, 0.5) is 4.39 Å². The van der Waals surface area contributed by atoms with Gasteiger partial charge in [0.05, 0.1) is 19.8 Å². The Morgan fingerprint density at radius 2 is 1.63 bits per heavy atom. The summed E-state index contributed by atoms with van der Waals surface area (Å²) in [4.78, 5) is 24.4. The lowest BCUT2D eigenvalue weighted by Gasteiger charge is -2.14. The SMILES string of the molecule is COc1cc(OC)cc(C(=O)O[C@H](C)C(=O)NCCc2ccc(F)cc2)c1. The minimum Gasteiger partial charge on any atom is -0.497 e. The van der Waals surface area contributed by atoms with Gasteiger partial charge in [0.2, 0.25) is 0 Å². The average molecular weight is 375 g/mol. The third kappa shape index (κ3) is 5.99. The van der Waals surface area contributed by atoms with Gasteiger partial charge in [0.1, 0.15) is 17.3 Å². The number of carbonyl (C=O) groups excluding carboxylic acids is 2. The van der Waals surface area contributed by atoms with Crippen LogP contribution in [0.2, 0.25) is 0 Å². The number of amides is 1. The zero-order chi connectivity index (χ0) is 19.8. The normalized spacial score (nSPS) is 11.4. The van der Waals surface area contributed by atoms with Crippen molar-refractivity contribution in [3.63, 3.8) is 0 Å². The molecule has 0 aromatic heterocycles. The van der Waals surface area contributed by atoms with Crippen LogP contribution in [0, 0.1) is 5.82 Å². The number of ether oxygens (including phenoxy) is 3. The van der Waals surface area contributed by atoms with Gasteiger partial charge < -0.3 is 19.5 Å². The van der Waals surface area contributed by atoms with E-state index < -0.39 is 18.0 Å². The molecule has 0 heterocycles. The highest BCUT2D eigenvalue weighted by Gasteiger charge is 2.19. The lowest BCUT2D eigenvalue weighted by atomic mass is 10.1. The van der Waals surface area contributed by atoms with Gasteiger partial charge in [0.25, 0.3) is 5.91 Å². The Morgan fingerprint density at radius 3 is 2.19 bits per heavy atom. The monoisotopic (exact) mass is 375 g/mol. The van der Waals surface area contributed by atoms with Gasteiger partial charge in [-0.2, -0.15) is 0 Å². The van der Waals surface area contributed by atoms with Crippen molar-refractivity contribution in [2.75, 3.05) is 20.8 Å². The topological polar surface area (TPSA) is 73.9 Å². The Hall–Kier alpha value is -3.09. The van der Waals surface area contributed by atoms with E-state index in [2.05, 4.69) is 5.32 Å². The van der Waals surface area contributed by atoms with Crippen molar-refractivity contribution in [3.05, 3.63) is 59.4 Å². The number of rotatable bonds is 8. The minimum atomic E-state index is -0.970. The fourth-order valence-corrected chi connectivity index (χ4v) is 2.33. The Kier molecular flexibility index (Phi) is 7.16. The highest BCUT2D eigenvalue weighted by Crippen LogP contribution is 2.23. The Labute approximate surface area is 157 Å². The predicted molar refractivity (Wildman–Crippen MR) is 97.5 cm³/mol. The smallest absolute Gasteiger partial charge is 0.339 e. The van der Waals surface area contributed by atoms with E-state index >= 15 is 0 Å². The molecule has 2 aromatic carbocycles. The van der Waals surface area contributed by atoms with E-state index in [9.17, 15) is 14.0 Å². The molecule has 27 heavy (non-hydrogen) atoms. The van der Waals surface area contributed by atoms with Crippen molar-refractivity contribution in [1.29, 1.82) is 0 Å². The van der Waals surface area contributed by atoms with Gasteiger partial charge in [-0.15, -0.1) is 0 Å². The van der Waals surface area contributed by atoms with Gasteiger partial charge in [0.15, 0.2) is 6.10 Å². The Morgan fingerprint density at radius 1 is 1.04 bits per heavy atom. The fraction of sp³-hybridized carbons (Fsp3) is 0.300. The third-order valence-electron chi connectivity index (χ3n) is 3.87. The highest BCUT2D eigenvalue weighted by molar-refractivity contribution is 5.93. The Bertz CT molecular complexity index is 769. The fourth-order valence-electron chi connectivity index (χ4n) is 2.33. The minimum absolute atomic E-state index is 0.220. The first-order valence-corrected chi connectivity index (χ1v) is 8.39. The van der Waals surface area contributed by atoms with E-state index in [1.54, 1.807) is 18.2 Å². The molecule has 0 spiro atoms. The van der Waals surface area contributed by atoms with Crippen molar-refractivity contribution >= 4 is 11.9 Å². The molecular weight excluding hydrogens is 353 g/mol. The summed E-state index contributed by atoms with van der Waals surface area (Å²) in [6.07, 6.45) is -0.428. The van der Waals surface area contributed by atoms with Crippen molar-refractivity contribution < 1.29 is 28.2 Å². The first-order valence-electron chi connectivity index (χ1n) is 8.39. The molecule has 1 amide bonds. The number of halogens is 1. The molecule has 0 radical (unpaired) electrons. The molecule has 0 aliphatic rings. The van der Waals surface area contributed by atoms with Crippen LogP contribution in [0.1, 0.15) is 22.8 Å². The zero-order valence-corrected chi connectivity index (χ0v) is 15.5. The van der Waals surface area contributed by atoms with Crippen LogP contribution in [0.3, 0.4) is 0 Å². The maximum atomic E-state index is 12.9. The summed E-state index contributed by atoms with van der Waals surface area (Å²) < 4.78 is 28.3. The van der Waals surface area contributed by atoms with Crippen molar-refractivity contribution in [2.45, 2.75) is 19.4 Å². The second kappa shape index (κ2) is 9.56. The summed E-state index contributed by atoms with van der Waals surface area (Å²) in [6, 6.07) is 10.7. The maximum Gasteiger partial charge on any atom is 0.339 e. The van der Waals surface area contributed by atoms with Crippen LogP contribution >= 0.6 is 0 Å². The van der Waals surface area contributed by atoms with Gasteiger partial charge in [-0.3, -0.25) is 4.79 Å². The molecule has 2 aromatic rings. The van der Waals surface area contributed by atoms with E-state index in [4.69, 9.17) is 14.2 Å². The number of nitrogens with one attached hydrogen (secondary N) is 1. The van der Waals surface area contributed by atoms with Gasteiger partial charge in [-0.25, -0.2) is 9.18 Å². The summed E-state index contributed by atoms with van der Waals surface area (Å²) >= 11 is 0. The lowest BCUT2D eigenvalue weighted by molar-refractivity contribution is -0.129. The summed E-state index contributed by atoms with van der Waals surface area (Å²) in [7, 11) is 2.95. The quantitative estimate of drug-likeness (QED) is 0.718. The van der Waals surface area contributed by atoms with E-state index in [0.29, 0.717) is 24.5 Å². The molecule has 2 rings (SSSR count). The summed E-state index contributed by atoms with van der Waals surface area (Å²) in [5.74, 6) is -0.499. The number of carbonyl (C=O) groups is 2. The number of methoxy groups -OCH3 is 2. The van der Waals surface area contributed by atoms with Crippen molar-refractivity contribution in [3.8, 4) is 11.5 Å². The number of benzene rings is 2. The molecule has 0 saturated heterocycles. The summed E-state index contributed by atoms with van der Waals surface area (Å²) in [5.41, 5.74) is 1.11. The van der Waals surface area contributed by atoms with Crippen molar-refractivity contribution in [1.82, 2.24) is 5.32 Å². The molecule has 0 bridgehead atoms. The van der Waals surface area contributed by atoms with E-state index in [0.717, 1.165) is 5.56 Å². The second-order valence-electron chi connectivity index (χ2n) is 5.82. The van der Waals surface area contributed by atoms with Gasteiger partial charge in [-0.1, -0.05) is 12.1 Å². The van der Waals surface area contributed by atoms with Crippen LogP contribution < -0.4 is 14.8 Å². The van der Waals surface area contributed by atoms with Crippen LogP contribution in [0.15, 0.2) is 42.5 Å². The zero-order valence-electron chi connectivity index (χ0n) is 15.5. The van der Waals surface area contributed by atoms with Gasteiger partial charge in [0, 0.05) is 12.6 Å². The molecule has 0 fully saturated rings. The standard InChI is InChI=1S/C20H22FNO5/c1-13(19(23)22-9-8-14-4-6-16(21)7-5-14)27-20(24)15-10-17(25-2)12-18(11-15)26-3/h4-7,10-13H,8-9H2,1-3H3,(H,22,23)/t13-/m1/s1. The predicted octanol–water partition coefficient (Wildman–Crippen LogP) is 2.75. The van der Waals surface area contributed by atoms with E-state index in [1.165, 1.54) is 45.4 Å². The Balaban J connectivity index is 1.87. The molecule has 0 unspecified atom stereocenters. The maximum absolute atomic E-state index is 12.9. The molecule has 6 nitrogen and oxygen atoms in total. The molecule has 144 valence electrons. The number of esters is 1. The molecule has 1 atom stereocenters. The summed E-state index contributed by atoms with van der Waals surface area (Å²) in [6.45, 7) is 1.84. The van der Waals surface area contributed by atoms with Crippen molar-refractivity contribution in [2.24, 2.45) is 0 Å². The molecule has 7 heteroatoms. The van der Waals surface area contributed by atoms with Gasteiger partial charge >= 0.3 is 5.97 Å². The largest absolute Gasteiger partial charge is 0.497 e. The first kappa shape index (κ1) is 20.2. The third-order valence-corrected chi connectivity index (χ3v) is 3.87. The molecule has 0 aliphatic heterocycles. The van der Waals surface area contributed by atoms with Gasteiger partial charge in [-0.05, 0) is 43.2 Å². The first-order chi connectivity index (χ1) is 12.9. The van der Waals surface area contributed by atoms with E-state index in [1.807, 2.05) is 0 Å². The van der Waals surface area contributed by atoms with Crippen LogP contribution in [-0.2, 0) is 16.0 Å². The highest BCUT2D eigenvalue weighted by atomic mass is 19.1. The van der Waals surface area contributed by atoms with Crippen LogP contribution in [0.5, 0.6) is 11.5 Å². The van der Waals surface area contributed by atoms with Crippen LogP contribution in [-0.4, -0.2) is 38.7 Å². The number of hydrogen-bond acceptors (Lipinski definition) is 5. The molecular formula is C20H22FNO5.